The van der Waals surface area contributed by atoms with Gasteiger partial charge in [-0.3, -0.25) is 0 Å². The predicted octanol–water partition coefficient (Wildman–Crippen LogP) is 5.36. The fraction of sp³-hybridized carbons (Fsp3) is 0.867. The number of nitrogens with two attached hydrogens (primary N) is 1. The maximum Gasteiger partial charge on any atom is 0.00390 e. The molecule has 0 heterocycles. The average Bonchev–Trinajstić information content (AvgIpc) is 2.87. The lowest BCUT2D eigenvalue weighted by molar-refractivity contribution is 0.469. The van der Waals surface area contributed by atoms with Gasteiger partial charge < -0.3 is 5.73 Å². The molecular weight excluding hydrogens is 194 g/mol. The van der Waals surface area contributed by atoms with E-state index < -0.39 is 0 Å². The van der Waals surface area contributed by atoms with Crippen LogP contribution in [0.3, 0.4) is 0 Å². The van der Waals surface area contributed by atoms with Gasteiger partial charge in [-0.15, -0.1) is 0 Å². The molecule has 1 fully saturated rings. The zero-order valence-electron chi connectivity index (χ0n) is 13.0. The van der Waals surface area contributed by atoms with Gasteiger partial charge in [0.15, 0.2) is 0 Å². The first-order valence-electron chi connectivity index (χ1n) is 6.66. The van der Waals surface area contributed by atoms with Crippen molar-refractivity contribution in [2.24, 2.45) is 17.1 Å². The summed E-state index contributed by atoms with van der Waals surface area (Å²) in [5.41, 5.74) is 6.67. The maximum atomic E-state index is 5.30. The molecular formula is C15H35N. The summed E-state index contributed by atoms with van der Waals surface area (Å²) in [5.74, 6) is 0.685. The molecule has 0 aromatic heterocycles. The fourth-order valence-corrected chi connectivity index (χ4v) is 0.454. The standard InChI is InChI=1S/C5H9N.C5H12.C3H8.C2H6/c1-4(6)5-2-3-5;1-5(2,3)4;1-3-2;1-2/h5H,1-3,6H2;1-4H3;3H2,1-2H3;1-2H3. The van der Waals surface area contributed by atoms with Crippen LogP contribution < -0.4 is 5.73 Å². The van der Waals surface area contributed by atoms with Gasteiger partial charge >= 0.3 is 0 Å². The Hall–Kier alpha value is -0.460. The molecule has 0 amide bonds. The van der Waals surface area contributed by atoms with Crippen molar-refractivity contribution in [1.29, 1.82) is 0 Å². The molecule has 0 atom stereocenters. The highest BCUT2D eigenvalue weighted by molar-refractivity contribution is 5.01. The van der Waals surface area contributed by atoms with E-state index >= 15 is 0 Å². The van der Waals surface area contributed by atoms with Gasteiger partial charge in [0.05, 0.1) is 0 Å². The van der Waals surface area contributed by atoms with Crippen molar-refractivity contribution in [2.75, 3.05) is 0 Å². The first-order chi connectivity index (χ1) is 7.22. The minimum absolute atomic E-state index is 0.500. The summed E-state index contributed by atoms with van der Waals surface area (Å²) in [7, 11) is 0. The van der Waals surface area contributed by atoms with Crippen LogP contribution in [0.2, 0.25) is 0 Å². The van der Waals surface area contributed by atoms with E-state index in [9.17, 15) is 0 Å². The number of rotatable bonds is 1. The smallest absolute Gasteiger partial charge is 0.00390 e. The molecule has 0 bridgehead atoms. The first kappa shape index (κ1) is 20.9. The van der Waals surface area contributed by atoms with Gasteiger partial charge in [-0.2, -0.15) is 0 Å². The van der Waals surface area contributed by atoms with Crippen molar-refractivity contribution in [2.45, 2.75) is 74.7 Å². The monoisotopic (exact) mass is 229 g/mol. The molecule has 0 spiro atoms. The van der Waals surface area contributed by atoms with E-state index in [1.54, 1.807) is 0 Å². The van der Waals surface area contributed by atoms with Gasteiger partial charge in [0.25, 0.3) is 0 Å². The summed E-state index contributed by atoms with van der Waals surface area (Å²) in [4.78, 5) is 0. The SMILES string of the molecule is C=C(N)C1CC1.CC.CC(C)(C)C.CCC. The van der Waals surface area contributed by atoms with Crippen LogP contribution in [-0.4, -0.2) is 0 Å². The van der Waals surface area contributed by atoms with Crippen LogP contribution in [0, 0.1) is 11.3 Å². The Balaban J connectivity index is -0.000000155. The molecule has 1 rings (SSSR count). The van der Waals surface area contributed by atoms with Crippen molar-refractivity contribution >= 4 is 0 Å². The molecule has 0 radical (unpaired) electrons. The second kappa shape index (κ2) is 12.6. The van der Waals surface area contributed by atoms with Crippen LogP contribution in [0.15, 0.2) is 12.3 Å². The predicted molar refractivity (Wildman–Crippen MR) is 78.5 cm³/mol. The normalized spacial score (nSPS) is 13.0. The quantitative estimate of drug-likeness (QED) is 0.643. The summed E-state index contributed by atoms with van der Waals surface area (Å²) in [5, 5.41) is 0. The van der Waals surface area contributed by atoms with Crippen molar-refractivity contribution in [3.8, 4) is 0 Å². The molecule has 0 aromatic carbocycles. The maximum absolute atomic E-state index is 5.30. The largest absolute Gasteiger partial charge is 0.402 e. The highest BCUT2D eigenvalue weighted by Crippen LogP contribution is 2.32. The lowest BCUT2D eigenvalue weighted by Crippen LogP contribution is -1.94. The molecule has 0 aromatic rings. The number of allylic oxidation sites excluding steroid dienone is 1. The lowest BCUT2D eigenvalue weighted by Gasteiger charge is -2.05. The Morgan fingerprint density at radius 3 is 1.31 bits per heavy atom. The fourth-order valence-electron chi connectivity index (χ4n) is 0.454. The zero-order chi connectivity index (χ0) is 13.8. The van der Waals surface area contributed by atoms with Crippen molar-refractivity contribution in [1.82, 2.24) is 0 Å². The van der Waals surface area contributed by atoms with E-state index in [4.69, 9.17) is 5.73 Å². The van der Waals surface area contributed by atoms with E-state index in [0.29, 0.717) is 11.3 Å². The second-order valence-corrected chi connectivity index (χ2v) is 5.56. The van der Waals surface area contributed by atoms with E-state index in [-0.39, 0.29) is 0 Å². The van der Waals surface area contributed by atoms with Crippen LogP contribution in [0.4, 0.5) is 0 Å². The van der Waals surface area contributed by atoms with Gasteiger partial charge in [0.1, 0.15) is 0 Å². The Labute approximate surface area is 105 Å². The molecule has 0 aliphatic heterocycles. The number of hydrogen-bond donors (Lipinski definition) is 1. The van der Waals surface area contributed by atoms with Gasteiger partial charge in [0, 0.05) is 5.70 Å². The molecule has 100 valence electrons. The highest BCUT2D eigenvalue weighted by Gasteiger charge is 2.21. The molecule has 1 heteroatoms. The molecule has 0 unspecified atom stereocenters. The second-order valence-electron chi connectivity index (χ2n) is 5.56. The Kier molecular flexibility index (Phi) is 16.5. The summed E-state index contributed by atoms with van der Waals surface area (Å²) in [6.45, 7) is 20.6. The third-order valence-corrected chi connectivity index (χ3v) is 1.10. The molecule has 1 nitrogen and oxygen atoms in total. The Morgan fingerprint density at radius 2 is 1.31 bits per heavy atom. The van der Waals surface area contributed by atoms with Crippen molar-refractivity contribution in [3.05, 3.63) is 12.3 Å². The highest BCUT2D eigenvalue weighted by atomic mass is 14.6. The minimum Gasteiger partial charge on any atom is -0.402 e. The van der Waals surface area contributed by atoms with Crippen LogP contribution >= 0.6 is 0 Å². The lowest BCUT2D eigenvalue weighted by atomic mass is 10.0. The van der Waals surface area contributed by atoms with Gasteiger partial charge in [-0.05, 0) is 24.2 Å². The van der Waals surface area contributed by atoms with E-state index in [1.165, 1.54) is 19.3 Å². The summed E-state index contributed by atoms with van der Waals surface area (Å²) >= 11 is 0. The van der Waals surface area contributed by atoms with Crippen LogP contribution in [0.1, 0.15) is 74.7 Å². The molecule has 1 saturated carbocycles. The van der Waals surface area contributed by atoms with Gasteiger partial charge in [-0.1, -0.05) is 68.4 Å². The molecule has 16 heavy (non-hydrogen) atoms. The Bertz CT molecular complexity index is 132. The van der Waals surface area contributed by atoms with Crippen molar-refractivity contribution < 1.29 is 0 Å². The number of hydrogen-bond acceptors (Lipinski definition) is 1. The molecule has 1 aliphatic rings. The minimum atomic E-state index is 0.500. The summed E-state index contributed by atoms with van der Waals surface area (Å²) < 4.78 is 0. The molecule has 1 aliphatic carbocycles. The molecule has 2 N–H and O–H groups in total. The topological polar surface area (TPSA) is 26.0 Å². The third kappa shape index (κ3) is 49.8. The van der Waals surface area contributed by atoms with Crippen molar-refractivity contribution in [3.63, 3.8) is 0 Å². The van der Waals surface area contributed by atoms with E-state index in [1.807, 2.05) is 13.8 Å². The van der Waals surface area contributed by atoms with E-state index in [2.05, 4.69) is 48.1 Å². The summed E-state index contributed by atoms with van der Waals surface area (Å²) in [6.07, 6.45) is 3.80. The van der Waals surface area contributed by atoms with Crippen LogP contribution in [-0.2, 0) is 0 Å². The van der Waals surface area contributed by atoms with Crippen LogP contribution in [0.25, 0.3) is 0 Å². The Morgan fingerprint density at radius 1 is 1.12 bits per heavy atom. The van der Waals surface area contributed by atoms with Gasteiger partial charge in [-0.25, -0.2) is 0 Å². The first-order valence-corrected chi connectivity index (χ1v) is 6.66. The third-order valence-electron chi connectivity index (χ3n) is 1.10. The average molecular weight is 229 g/mol. The van der Waals surface area contributed by atoms with Crippen LogP contribution in [0.5, 0.6) is 0 Å². The molecule has 0 saturated heterocycles. The van der Waals surface area contributed by atoms with Gasteiger partial charge in [0.2, 0.25) is 0 Å². The zero-order valence-corrected chi connectivity index (χ0v) is 13.0. The summed E-state index contributed by atoms with van der Waals surface area (Å²) in [6, 6.07) is 0. The van der Waals surface area contributed by atoms with E-state index in [0.717, 1.165) is 5.70 Å².